The molecule has 0 saturated heterocycles. The maximum Gasteiger partial charge on any atom is 0.217 e. The van der Waals surface area contributed by atoms with Crippen molar-refractivity contribution in [3.8, 4) is 0 Å². The van der Waals surface area contributed by atoms with Gasteiger partial charge in [0.25, 0.3) is 0 Å². The maximum absolute atomic E-state index is 11.1. The van der Waals surface area contributed by atoms with Crippen LogP contribution in [0.1, 0.15) is 81.5 Å². The third-order valence-electron chi connectivity index (χ3n) is 9.21. The monoisotopic (exact) mass is 789 g/mol. The number of sulfone groups is 1. The first-order valence-electron chi connectivity index (χ1n) is 18.5. The van der Waals surface area contributed by atoms with E-state index in [1.165, 1.54) is 40.8 Å². The number of carbonyl (C=O) groups is 1. The normalized spacial score (nSPS) is 13.1. The highest BCUT2D eigenvalue weighted by atomic mass is 32.2. The van der Waals surface area contributed by atoms with Crippen LogP contribution in [0.5, 0.6) is 0 Å². The molecule has 0 fully saturated rings. The molecular formula is C46H63NO8S. The van der Waals surface area contributed by atoms with Crippen LogP contribution in [0.3, 0.4) is 0 Å². The first-order valence-corrected chi connectivity index (χ1v) is 20.4. The van der Waals surface area contributed by atoms with Gasteiger partial charge in [-0.3, -0.25) is 4.79 Å². The van der Waals surface area contributed by atoms with Gasteiger partial charge in [-0.1, -0.05) is 83.9 Å². The van der Waals surface area contributed by atoms with Gasteiger partial charge in [-0.05, 0) is 135 Å². The Balaban J connectivity index is 0.000000352. The van der Waals surface area contributed by atoms with E-state index < -0.39 is 9.84 Å². The Morgan fingerprint density at radius 1 is 0.625 bits per heavy atom. The van der Waals surface area contributed by atoms with Gasteiger partial charge >= 0.3 is 0 Å². The minimum absolute atomic E-state index is 0.0357. The molecule has 306 valence electrons. The molecule has 56 heavy (non-hydrogen) atoms. The van der Waals surface area contributed by atoms with Crippen molar-refractivity contribution in [2.24, 2.45) is 0 Å². The molecule has 0 aliphatic heterocycles. The van der Waals surface area contributed by atoms with Crippen molar-refractivity contribution < 1.29 is 38.7 Å². The molecule has 0 aromatic heterocycles. The van der Waals surface area contributed by atoms with Crippen LogP contribution in [0, 0.1) is 48.5 Å². The Morgan fingerprint density at radius 2 is 1.14 bits per heavy atom. The van der Waals surface area contributed by atoms with Gasteiger partial charge in [-0.2, -0.15) is 0 Å². The minimum Gasteiger partial charge on any atom is -0.392 e. The van der Waals surface area contributed by atoms with Gasteiger partial charge in [-0.25, -0.2) is 8.42 Å². The highest BCUT2D eigenvalue weighted by Crippen LogP contribution is 2.18. The molecule has 1 amide bonds. The number of aliphatic hydroxyl groups is 5. The SMILES string of the molecule is CC(=O)NC1C=C(CO)C(C)=CC1.Cc1ccc(C)c(CO)c1.Cc1ccc(CO)c(C)c1.Cc1ccc(S(C)(=O)=O)cc1CO.Cc1cccc(C)c1CO. The smallest absolute Gasteiger partial charge is 0.217 e. The van der Waals surface area contributed by atoms with Gasteiger partial charge in [0.15, 0.2) is 9.84 Å². The number of benzene rings is 4. The summed E-state index contributed by atoms with van der Waals surface area (Å²) < 4.78 is 22.3. The Labute approximate surface area is 335 Å². The topological polar surface area (TPSA) is 164 Å². The first kappa shape index (κ1) is 49.6. The van der Waals surface area contributed by atoms with E-state index in [1.54, 1.807) is 12.1 Å². The molecule has 0 saturated carbocycles. The average Bonchev–Trinajstić information content (AvgIpc) is 3.14. The molecule has 1 aliphatic carbocycles. The number of rotatable bonds is 7. The van der Waals surface area contributed by atoms with Crippen LogP contribution in [-0.4, -0.2) is 58.8 Å². The van der Waals surface area contributed by atoms with Gasteiger partial charge in [0.2, 0.25) is 5.91 Å². The molecule has 5 rings (SSSR count). The number of aryl methyl sites for hydroxylation is 7. The summed E-state index contributed by atoms with van der Waals surface area (Å²) in [5.74, 6) is -0.0357. The van der Waals surface area contributed by atoms with E-state index in [4.69, 9.17) is 25.5 Å². The van der Waals surface area contributed by atoms with Crippen LogP contribution in [0.15, 0.2) is 101 Å². The van der Waals surface area contributed by atoms with Gasteiger partial charge in [-0.15, -0.1) is 0 Å². The molecule has 9 nitrogen and oxygen atoms in total. The van der Waals surface area contributed by atoms with Gasteiger partial charge in [0.1, 0.15) is 0 Å². The summed E-state index contributed by atoms with van der Waals surface area (Å²) in [5, 5.41) is 47.3. The second-order valence-electron chi connectivity index (χ2n) is 14.0. The second kappa shape index (κ2) is 25.0. The molecule has 0 bridgehead atoms. The summed E-state index contributed by atoms with van der Waals surface area (Å²) >= 11 is 0. The third kappa shape index (κ3) is 17.6. The van der Waals surface area contributed by atoms with E-state index in [2.05, 4.69) is 17.4 Å². The van der Waals surface area contributed by atoms with Crippen LogP contribution in [0.2, 0.25) is 0 Å². The van der Waals surface area contributed by atoms with Crippen molar-refractivity contribution in [3.63, 3.8) is 0 Å². The molecule has 0 radical (unpaired) electrons. The fourth-order valence-corrected chi connectivity index (χ4v) is 6.23. The zero-order valence-corrected chi connectivity index (χ0v) is 35.6. The predicted molar refractivity (Wildman–Crippen MR) is 227 cm³/mol. The highest BCUT2D eigenvalue weighted by molar-refractivity contribution is 7.90. The molecular weight excluding hydrogens is 727 g/mol. The lowest BCUT2D eigenvalue weighted by atomic mass is 9.96. The van der Waals surface area contributed by atoms with E-state index in [0.29, 0.717) is 5.56 Å². The molecule has 1 unspecified atom stereocenters. The maximum atomic E-state index is 11.1. The van der Waals surface area contributed by atoms with E-state index in [-0.39, 0.29) is 49.9 Å². The van der Waals surface area contributed by atoms with Crippen molar-refractivity contribution in [2.75, 3.05) is 12.9 Å². The summed E-state index contributed by atoms with van der Waals surface area (Å²) in [6.45, 7) is 17.8. The fraction of sp³-hybridized carbons (Fsp3) is 0.370. The first-order chi connectivity index (χ1) is 26.3. The van der Waals surface area contributed by atoms with Crippen LogP contribution >= 0.6 is 0 Å². The molecule has 4 aromatic carbocycles. The summed E-state index contributed by atoms with van der Waals surface area (Å²) in [5.41, 5.74) is 13.8. The Kier molecular flexibility index (Phi) is 22.1. The van der Waals surface area contributed by atoms with E-state index in [0.717, 1.165) is 51.6 Å². The molecule has 1 aliphatic rings. The van der Waals surface area contributed by atoms with Crippen molar-refractivity contribution in [1.29, 1.82) is 0 Å². The molecule has 0 heterocycles. The summed E-state index contributed by atoms with van der Waals surface area (Å²) in [6, 6.07) is 23.0. The summed E-state index contributed by atoms with van der Waals surface area (Å²) in [4.78, 5) is 11.0. The average molecular weight is 790 g/mol. The summed E-state index contributed by atoms with van der Waals surface area (Å²) in [7, 11) is -3.16. The molecule has 6 N–H and O–H groups in total. The van der Waals surface area contributed by atoms with E-state index in [9.17, 15) is 13.2 Å². The van der Waals surface area contributed by atoms with E-state index in [1.807, 2.05) is 110 Å². The number of hydrogen-bond acceptors (Lipinski definition) is 8. The minimum atomic E-state index is -3.16. The number of amides is 1. The zero-order chi connectivity index (χ0) is 42.6. The van der Waals surface area contributed by atoms with E-state index >= 15 is 0 Å². The van der Waals surface area contributed by atoms with Gasteiger partial charge < -0.3 is 30.8 Å². The predicted octanol–water partition coefficient (Wildman–Crippen LogP) is 7.04. The molecule has 10 heteroatoms. The molecule has 4 aromatic rings. The quantitative estimate of drug-likeness (QED) is 0.116. The number of aliphatic hydroxyl groups excluding tert-OH is 5. The molecule has 1 atom stereocenters. The number of nitrogens with one attached hydrogen (secondary N) is 1. The lowest BCUT2D eigenvalue weighted by molar-refractivity contribution is -0.119. The fourth-order valence-electron chi connectivity index (χ4n) is 5.56. The van der Waals surface area contributed by atoms with Gasteiger partial charge in [0.05, 0.1) is 44.0 Å². The largest absolute Gasteiger partial charge is 0.392 e. The highest BCUT2D eigenvalue weighted by Gasteiger charge is 2.13. The van der Waals surface area contributed by atoms with Gasteiger partial charge in [0, 0.05) is 13.2 Å². The van der Waals surface area contributed by atoms with Crippen molar-refractivity contribution in [2.45, 2.75) is 106 Å². The lowest BCUT2D eigenvalue weighted by Gasteiger charge is -2.19. The van der Waals surface area contributed by atoms with Crippen LogP contribution in [0.4, 0.5) is 0 Å². The Morgan fingerprint density at radius 3 is 1.59 bits per heavy atom. The zero-order valence-electron chi connectivity index (χ0n) is 34.8. The lowest BCUT2D eigenvalue weighted by Crippen LogP contribution is -2.32. The number of carbonyl (C=O) groups excluding carboxylic acids is 1. The van der Waals surface area contributed by atoms with Crippen LogP contribution < -0.4 is 5.32 Å². The standard InChI is InChI=1S/C10H15NO2.C9H12O3S.3C9H12O/c1-7-3-4-10(11-8(2)13)5-9(7)6-12;1-7-3-4-9(13(2,11)12)5-8(7)6-10;1-7-3-4-9(6-10)8(2)5-7;1-7-3-4-8(2)9(5-7)6-10;1-7-4-3-5-8(2)9(7)6-10/h3,5,10,12H,4,6H2,1-2H3,(H,11,13);3-5,10H,6H2,1-2H3;3*3-5,10H,6H2,1-2H3. The summed E-state index contributed by atoms with van der Waals surface area (Å²) in [6.07, 6.45) is 5.91. The number of hydrogen-bond donors (Lipinski definition) is 6. The third-order valence-corrected chi connectivity index (χ3v) is 10.3. The van der Waals surface area contributed by atoms with Crippen LogP contribution in [-0.2, 0) is 41.1 Å². The second-order valence-corrected chi connectivity index (χ2v) is 16.0. The Bertz CT molecular complexity index is 2010. The Hall–Kier alpha value is -4.42. The molecule has 0 spiro atoms. The van der Waals surface area contributed by atoms with Crippen molar-refractivity contribution in [3.05, 3.63) is 157 Å². The van der Waals surface area contributed by atoms with Crippen molar-refractivity contribution >= 4 is 15.7 Å². The van der Waals surface area contributed by atoms with Crippen molar-refractivity contribution in [1.82, 2.24) is 5.32 Å². The van der Waals surface area contributed by atoms with Crippen LogP contribution in [0.25, 0.3) is 0 Å².